The number of rotatable bonds is 4. The Morgan fingerprint density at radius 2 is 1.92 bits per heavy atom. The summed E-state index contributed by atoms with van der Waals surface area (Å²) in [6, 6.07) is 6.38. The number of amides is 1. The Balaban J connectivity index is 0.00000312. The highest BCUT2D eigenvalue weighted by molar-refractivity contribution is 7.89. The zero-order chi connectivity index (χ0) is 18.0. The fourth-order valence-corrected chi connectivity index (χ4v) is 4.38. The zero-order valence-electron chi connectivity index (χ0n) is 14.9. The summed E-state index contributed by atoms with van der Waals surface area (Å²) >= 11 is 0. The Kier molecular flexibility index (Phi) is 7.43. The van der Waals surface area contributed by atoms with Gasteiger partial charge < -0.3 is 11.1 Å². The van der Waals surface area contributed by atoms with Gasteiger partial charge in [0.1, 0.15) is 0 Å². The lowest BCUT2D eigenvalue weighted by Crippen LogP contribution is -2.40. The number of benzene rings is 1. The average Bonchev–Trinajstić information content (AvgIpc) is 2.45. The van der Waals surface area contributed by atoms with E-state index < -0.39 is 15.6 Å². The summed E-state index contributed by atoms with van der Waals surface area (Å²) in [5.41, 5.74) is 5.84. The van der Waals surface area contributed by atoms with Gasteiger partial charge >= 0.3 is 0 Å². The molecule has 142 valence electrons. The van der Waals surface area contributed by atoms with Crippen molar-refractivity contribution in [1.82, 2.24) is 4.72 Å². The minimum absolute atomic E-state index is 0. The fourth-order valence-electron chi connectivity index (χ4n) is 2.91. The first-order valence-electron chi connectivity index (χ1n) is 8.27. The maximum absolute atomic E-state index is 12.4. The molecule has 2 rings (SSSR count). The molecule has 2 unspecified atom stereocenters. The minimum Gasteiger partial charge on any atom is -0.328 e. The molecule has 1 amide bonds. The zero-order valence-corrected chi connectivity index (χ0v) is 16.5. The number of carbonyl (C=O) groups is 1. The Morgan fingerprint density at radius 1 is 1.24 bits per heavy atom. The summed E-state index contributed by atoms with van der Waals surface area (Å²) in [5, 5.41) is 2.82. The standard InChI is InChI=1S/C17H27N3O3S.ClH/c1-17(2,3)20-24(22,23)15-9-5-8-14(11-15)19-16(21)12-6-4-7-13(18)10-12;/h5,8-9,11-13,20H,4,6-7,10,18H2,1-3H3,(H,19,21);1H. The predicted octanol–water partition coefficient (Wildman–Crippen LogP) is 2.64. The van der Waals surface area contributed by atoms with Gasteiger partial charge in [-0.3, -0.25) is 4.79 Å². The van der Waals surface area contributed by atoms with E-state index in [0.717, 1.165) is 19.3 Å². The molecular weight excluding hydrogens is 362 g/mol. The number of nitrogens with two attached hydrogens (primary N) is 1. The van der Waals surface area contributed by atoms with Crippen LogP contribution in [-0.4, -0.2) is 25.9 Å². The number of hydrogen-bond donors (Lipinski definition) is 3. The molecule has 0 spiro atoms. The minimum atomic E-state index is -3.63. The van der Waals surface area contributed by atoms with Gasteiger partial charge in [-0.05, 0) is 58.2 Å². The van der Waals surface area contributed by atoms with Crippen LogP contribution in [-0.2, 0) is 14.8 Å². The number of anilines is 1. The van der Waals surface area contributed by atoms with E-state index in [1.165, 1.54) is 12.1 Å². The van der Waals surface area contributed by atoms with E-state index in [1.54, 1.807) is 32.9 Å². The topological polar surface area (TPSA) is 101 Å². The molecule has 0 heterocycles. The lowest BCUT2D eigenvalue weighted by Gasteiger charge is -2.25. The van der Waals surface area contributed by atoms with Crippen molar-refractivity contribution in [3.8, 4) is 0 Å². The van der Waals surface area contributed by atoms with Crippen LogP contribution in [0.25, 0.3) is 0 Å². The smallest absolute Gasteiger partial charge is 0.241 e. The van der Waals surface area contributed by atoms with E-state index in [4.69, 9.17) is 5.73 Å². The third-order valence-corrected chi connectivity index (χ3v) is 5.69. The Morgan fingerprint density at radius 3 is 2.52 bits per heavy atom. The van der Waals surface area contributed by atoms with Crippen LogP contribution in [0.2, 0.25) is 0 Å². The van der Waals surface area contributed by atoms with Crippen LogP contribution in [0.4, 0.5) is 5.69 Å². The molecule has 1 aliphatic carbocycles. The molecule has 4 N–H and O–H groups in total. The van der Waals surface area contributed by atoms with E-state index in [0.29, 0.717) is 12.1 Å². The maximum atomic E-state index is 12.4. The van der Waals surface area contributed by atoms with Crippen molar-refractivity contribution in [3.63, 3.8) is 0 Å². The van der Waals surface area contributed by atoms with Crippen LogP contribution in [0.5, 0.6) is 0 Å². The van der Waals surface area contributed by atoms with Crippen LogP contribution in [0, 0.1) is 5.92 Å². The molecule has 0 bridgehead atoms. The predicted molar refractivity (Wildman–Crippen MR) is 102 cm³/mol. The third kappa shape index (κ3) is 6.58. The first-order valence-corrected chi connectivity index (χ1v) is 9.76. The molecule has 0 aliphatic heterocycles. The summed E-state index contributed by atoms with van der Waals surface area (Å²) < 4.78 is 27.4. The molecule has 0 saturated heterocycles. The Hall–Kier alpha value is -1.15. The summed E-state index contributed by atoms with van der Waals surface area (Å²) in [4.78, 5) is 12.5. The second kappa shape index (κ2) is 8.49. The molecule has 1 aliphatic rings. The van der Waals surface area contributed by atoms with Gasteiger partial charge in [-0.1, -0.05) is 12.5 Å². The van der Waals surface area contributed by atoms with Crippen molar-refractivity contribution in [2.45, 2.75) is 62.9 Å². The van der Waals surface area contributed by atoms with Gasteiger partial charge in [0.25, 0.3) is 0 Å². The van der Waals surface area contributed by atoms with E-state index in [9.17, 15) is 13.2 Å². The number of carbonyl (C=O) groups excluding carboxylic acids is 1. The quantitative estimate of drug-likeness (QED) is 0.736. The molecule has 2 atom stereocenters. The van der Waals surface area contributed by atoms with E-state index in [2.05, 4.69) is 10.0 Å². The molecule has 1 aromatic rings. The molecule has 0 radical (unpaired) electrons. The molecule has 0 aromatic heterocycles. The van der Waals surface area contributed by atoms with E-state index in [1.807, 2.05) is 0 Å². The first kappa shape index (κ1) is 21.9. The molecule has 1 fully saturated rings. The van der Waals surface area contributed by atoms with Gasteiger partial charge in [0.05, 0.1) is 4.90 Å². The number of hydrogen-bond acceptors (Lipinski definition) is 4. The normalized spacial score (nSPS) is 21.3. The van der Waals surface area contributed by atoms with Crippen LogP contribution in [0.3, 0.4) is 0 Å². The molecule has 8 heteroatoms. The highest BCUT2D eigenvalue weighted by Gasteiger charge is 2.26. The summed E-state index contributed by atoms with van der Waals surface area (Å²) in [6.07, 6.45) is 3.40. The van der Waals surface area contributed by atoms with Crippen molar-refractivity contribution >= 4 is 34.0 Å². The summed E-state index contributed by atoms with van der Waals surface area (Å²) in [7, 11) is -3.63. The fraction of sp³-hybridized carbons (Fsp3) is 0.588. The highest BCUT2D eigenvalue weighted by Crippen LogP contribution is 2.25. The first-order chi connectivity index (χ1) is 11.1. The van der Waals surface area contributed by atoms with Gasteiger partial charge in [-0.25, -0.2) is 13.1 Å². The SMILES string of the molecule is CC(C)(C)NS(=O)(=O)c1cccc(NC(=O)C2CCCC(N)C2)c1.Cl. The molecular formula is C17H28ClN3O3S. The van der Waals surface area contributed by atoms with Crippen LogP contribution >= 0.6 is 12.4 Å². The summed E-state index contributed by atoms with van der Waals surface area (Å²) in [5.74, 6) is -0.204. The van der Waals surface area contributed by atoms with Gasteiger partial charge in [-0.15, -0.1) is 12.4 Å². The largest absolute Gasteiger partial charge is 0.328 e. The average molecular weight is 390 g/mol. The molecule has 6 nitrogen and oxygen atoms in total. The van der Waals surface area contributed by atoms with Crippen molar-refractivity contribution in [2.75, 3.05) is 5.32 Å². The van der Waals surface area contributed by atoms with Gasteiger partial charge in [0.2, 0.25) is 15.9 Å². The second-order valence-electron chi connectivity index (χ2n) is 7.50. The molecule has 1 aromatic carbocycles. The van der Waals surface area contributed by atoms with Crippen LogP contribution < -0.4 is 15.8 Å². The lowest BCUT2D eigenvalue weighted by atomic mass is 9.85. The Bertz CT molecular complexity index is 701. The lowest BCUT2D eigenvalue weighted by molar-refractivity contribution is -0.120. The maximum Gasteiger partial charge on any atom is 0.241 e. The van der Waals surface area contributed by atoms with Crippen molar-refractivity contribution < 1.29 is 13.2 Å². The number of sulfonamides is 1. The summed E-state index contributed by atoms with van der Waals surface area (Å²) in [6.45, 7) is 5.34. The number of halogens is 1. The molecule has 25 heavy (non-hydrogen) atoms. The van der Waals surface area contributed by atoms with Crippen molar-refractivity contribution in [1.29, 1.82) is 0 Å². The number of nitrogens with one attached hydrogen (secondary N) is 2. The molecule has 1 saturated carbocycles. The second-order valence-corrected chi connectivity index (χ2v) is 9.18. The Labute approximate surface area is 156 Å². The highest BCUT2D eigenvalue weighted by atomic mass is 35.5. The van der Waals surface area contributed by atoms with Crippen molar-refractivity contribution in [3.05, 3.63) is 24.3 Å². The van der Waals surface area contributed by atoms with Crippen LogP contribution in [0.1, 0.15) is 46.5 Å². The van der Waals surface area contributed by atoms with Gasteiger partial charge in [0, 0.05) is 23.2 Å². The monoisotopic (exact) mass is 389 g/mol. The van der Waals surface area contributed by atoms with Gasteiger partial charge in [-0.2, -0.15) is 0 Å². The van der Waals surface area contributed by atoms with Crippen LogP contribution in [0.15, 0.2) is 29.2 Å². The van der Waals surface area contributed by atoms with Gasteiger partial charge in [0.15, 0.2) is 0 Å². The van der Waals surface area contributed by atoms with Crippen molar-refractivity contribution in [2.24, 2.45) is 11.7 Å². The van der Waals surface area contributed by atoms with E-state index >= 15 is 0 Å². The van der Waals surface area contributed by atoms with E-state index in [-0.39, 0.29) is 35.2 Å². The third-order valence-electron chi connectivity index (χ3n) is 3.94.